The van der Waals surface area contributed by atoms with Crippen LogP contribution in [-0.4, -0.2) is 60.9 Å². The highest BCUT2D eigenvalue weighted by Gasteiger charge is 2.35. The van der Waals surface area contributed by atoms with E-state index in [2.05, 4.69) is 29.4 Å². The molecule has 3 rings (SSSR count). The maximum Gasteiger partial charge on any atom is 0.225 e. The number of nitrogens with zero attached hydrogens (tertiary/aromatic N) is 2. The number of likely N-dealkylation sites (tertiary alicyclic amines) is 2. The first-order valence-electron chi connectivity index (χ1n) is 8.92. The monoisotopic (exact) mass is 329 g/mol. The largest absolute Gasteiger partial charge is 0.352 e. The molecule has 0 unspecified atom stereocenters. The van der Waals surface area contributed by atoms with E-state index in [1.807, 2.05) is 23.1 Å². The Morgan fingerprint density at radius 2 is 2.04 bits per heavy atom. The average molecular weight is 329 g/mol. The van der Waals surface area contributed by atoms with Crippen molar-refractivity contribution >= 4 is 11.8 Å². The summed E-state index contributed by atoms with van der Waals surface area (Å²) in [6, 6.07) is 10.4. The van der Waals surface area contributed by atoms with E-state index in [4.69, 9.17) is 0 Å². The van der Waals surface area contributed by atoms with Crippen LogP contribution in [0.2, 0.25) is 0 Å². The molecule has 1 aromatic carbocycles. The molecule has 2 amide bonds. The number of hydrogen-bond acceptors (Lipinski definition) is 3. The summed E-state index contributed by atoms with van der Waals surface area (Å²) in [5, 5.41) is 3.15. The Morgan fingerprint density at radius 3 is 2.79 bits per heavy atom. The van der Waals surface area contributed by atoms with Gasteiger partial charge in [-0.1, -0.05) is 30.3 Å². The predicted octanol–water partition coefficient (Wildman–Crippen LogP) is 1.29. The van der Waals surface area contributed by atoms with Crippen molar-refractivity contribution in [2.75, 3.05) is 33.2 Å². The molecule has 1 aromatic rings. The van der Waals surface area contributed by atoms with Crippen molar-refractivity contribution in [2.24, 2.45) is 5.92 Å². The van der Waals surface area contributed by atoms with Crippen molar-refractivity contribution in [1.29, 1.82) is 0 Å². The molecule has 0 spiro atoms. The summed E-state index contributed by atoms with van der Waals surface area (Å²) in [5.74, 6) is -0.0433. The van der Waals surface area contributed by atoms with Crippen LogP contribution in [0.15, 0.2) is 30.3 Å². The van der Waals surface area contributed by atoms with Gasteiger partial charge in [0, 0.05) is 32.1 Å². The fourth-order valence-corrected chi connectivity index (χ4v) is 3.68. The zero-order valence-electron chi connectivity index (χ0n) is 14.4. The van der Waals surface area contributed by atoms with Crippen LogP contribution in [0.25, 0.3) is 0 Å². The number of carbonyl (C=O) groups is 2. The quantitative estimate of drug-likeness (QED) is 0.886. The van der Waals surface area contributed by atoms with E-state index < -0.39 is 0 Å². The SMILES string of the molecule is CN1CCC[C@H](NC(=O)[C@@H]2CC(=O)N(CCc3ccccc3)C2)C1. The normalized spacial score (nSPS) is 25.0. The van der Waals surface area contributed by atoms with Gasteiger partial charge >= 0.3 is 0 Å². The Labute approximate surface area is 144 Å². The fourth-order valence-electron chi connectivity index (χ4n) is 3.68. The van der Waals surface area contributed by atoms with Crippen molar-refractivity contribution in [1.82, 2.24) is 15.1 Å². The minimum atomic E-state index is -0.194. The number of likely N-dealkylation sites (N-methyl/N-ethyl adjacent to an activating group) is 1. The Balaban J connectivity index is 1.47. The zero-order chi connectivity index (χ0) is 16.9. The Bertz CT molecular complexity index is 575. The molecule has 24 heavy (non-hydrogen) atoms. The lowest BCUT2D eigenvalue weighted by Crippen LogP contribution is -2.48. The molecule has 2 fully saturated rings. The number of benzene rings is 1. The molecule has 2 saturated heterocycles. The number of piperidine rings is 1. The second-order valence-corrected chi connectivity index (χ2v) is 7.09. The summed E-state index contributed by atoms with van der Waals surface area (Å²) >= 11 is 0. The molecule has 0 saturated carbocycles. The Morgan fingerprint density at radius 1 is 1.25 bits per heavy atom. The number of rotatable bonds is 5. The number of hydrogen-bond donors (Lipinski definition) is 1. The molecule has 5 nitrogen and oxygen atoms in total. The third-order valence-corrected chi connectivity index (χ3v) is 5.07. The van der Waals surface area contributed by atoms with E-state index in [9.17, 15) is 9.59 Å². The second kappa shape index (κ2) is 7.79. The van der Waals surface area contributed by atoms with Gasteiger partial charge in [0.25, 0.3) is 0 Å². The summed E-state index contributed by atoms with van der Waals surface area (Å²) in [6.45, 7) is 3.25. The molecular weight excluding hydrogens is 302 g/mol. The molecule has 2 aliphatic rings. The summed E-state index contributed by atoms with van der Waals surface area (Å²) in [4.78, 5) is 28.8. The van der Waals surface area contributed by atoms with E-state index in [0.717, 1.165) is 32.4 Å². The third-order valence-electron chi connectivity index (χ3n) is 5.07. The first-order valence-corrected chi connectivity index (χ1v) is 8.92. The van der Waals surface area contributed by atoms with E-state index >= 15 is 0 Å². The van der Waals surface area contributed by atoms with Crippen LogP contribution in [-0.2, 0) is 16.0 Å². The minimum absolute atomic E-state index is 0.0471. The fraction of sp³-hybridized carbons (Fsp3) is 0.579. The van der Waals surface area contributed by atoms with Gasteiger partial charge in [0.1, 0.15) is 0 Å². The Kier molecular flexibility index (Phi) is 5.51. The van der Waals surface area contributed by atoms with Crippen LogP contribution in [0.3, 0.4) is 0 Å². The molecule has 2 aliphatic heterocycles. The Hall–Kier alpha value is -1.88. The summed E-state index contributed by atoms with van der Waals surface area (Å²) in [5.41, 5.74) is 1.23. The smallest absolute Gasteiger partial charge is 0.225 e. The zero-order valence-corrected chi connectivity index (χ0v) is 14.4. The molecule has 130 valence electrons. The van der Waals surface area contributed by atoms with Crippen molar-refractivity contribution in [2.45, 2.75) is 31.7 Å². The summed E-state index contributed by atoms with van der Waals surface area (Å²) in [6.07, 6.45) is 3.35. The van der Waals surface area contributed by atoms with Crippen LogP contribution in [0, 0.1) is 5.92 Å². The summed E-state index contributed by atoms with van der Waals surface area (Å²) in [7, 11) is 2.09. The molecule has 5 heteroatoms. The van der Waals surface area contributed by atoms with Gasteiger partial charge in [-0.05, 0) is 38.4 Å². The third kappa shape index (κ3) is 4.35. The number of amides is 2. The van der Waals surface area contributed by atoms with Crippen LogP contribution in [0.1, 0.15) is 24.8 Å². The van der Waals surface area contributed by atoms with Crippen molar-refractivity contribution in [3.8, 4) is 0 Å². The maximum atomic E-state index is 12.5. The first kappa shape index (κ1) is 17.0. The van der Waals surface area contributed by atoms with Gasteiger partial charge in [0.05, 0.1) is 5.92 Å². The van der Waals surface area contributed by atoms with E-state index in [1.54, 1.807) is 0 Å². The highest BCUT2D eigenvalue weighted by molar-refractivity contribution is 5.89. The van der Waals surface area contributed by atoms with Gasteiger partial charge in [-0.2, -0.15) is 0 Å². The molecule has 2 heterocycles. The molecule has 1 N–H and O–H groups in total. The highest BCUT2D eigenvalue weighted by atomic mass is 16.2. The lowest BCUT2D eigenvalue weighted by molar-refractivity contribution is -0.129. The van der Waals surface area contributed by atoms with Crippen LogP contribution >= 0.6 is 0 Å². The molecule has 0 bridgehead atoms. The average Bonchev–Trinajstić information content (AvgIpc) is 2.95. The van der Waals surface area contributed by atoms with Crippen LogP contribution in [0.5, 0.6) is 0 Å². The molecule has 0 aliphatic carbocycles. The van der Waals surface area contributed by atoms with Gasteiger partial charge in [-0.25, -0.2) is 0 Å². The molecule has 0 radical (unpaired) electrons. The molecule has 2 atom stereocenters. The highest BCUT2D eigenvalue weighted by Crippen LogP contribution is 2.19. The number of nitrogens with one attached hydrogen (secondary N) is 1. The van der Waals surface area contributed by atoms with E-state index in [-0.39, 0.29) is 23.8 Å². The van der Waals surface area contributed by atoms with Gasteiger partial charge in [0.2, 0.25) is 11.8 Å². The molecular formula is C19H27N3O2. The van der Waals surface area contributed by atoms with Crippen LogP contribution in [0.4, 0.5) is 0 Å². The van der Waals surface area contributed by atoms with Gasteiger partial charge in [-0.3, -0.25) is 9.59 Å². The maximum absolute atomic E-state index is 12.5. The van der Waals surface area contributed by atoms with Crippen molar-refractivity contribution in [3.05, 3.63) is 35.9 Å². The first-order chi connectivity index (χ1) is 11.6. The van der Waals surface area contributed by atoms with Crippen molar-refractivity contribution in [3.63, 3.8) is 0 Å². The molecule has 0 aromatic heterocycles. The lowest BCUT2D eigenvalue weighted by atomic mass is 10.0. The van der Waals surface area contributed by atoms with Crippen LogP contribution < -0.4 is 5.32 Å². The van der Waals surface area contributed by atoms with Gasteiger partial charge in [0.15, 0.2) is 0 Å². The topological polar surface area (TPSA) is 52.7 Å². The van der Waals surface area contributed by atoms with E-state index in [0.29, 0.717) is 19.5 Å². The predicted molar refractivity (Wildman–Crippen MR) is 93.5 cm³/mol. The standard InChI is InChI=1S/C19H27N3O2/c1-21-10-5-8-17(14-21)20-19(24)16-12-18(23)22(13-16)11-9-15-6-3-2-4-7-15/h2-4,6-7,16-17H,5,8-14H2,1H3,(H,20,24)/t16-,17+/m1/s1. The van der Waals surface area contributed by atoms with Crippen molar-refractivity contribution < 1.29 is 9.59 Å². The lowest BCUT2D eigenvalue weighted by Gasteiger charge is -2.30. The van der Waals surface area contributed by atoms with Gasteiger partial charge in [-0.15, -0.1) is 0 Å². The number of carbonyl (C=O) groups excluding carboxylic acids is 2. The second-order valence-electron chi connectivity index (χ2n) is 7.09. The van der Waals surface area contributed by atoms with Gasteiger partial charge < -0.3 is 15.1 Å². The summed E-state index contributed by atoms with van der Waals surface area (Å²) < 4.78 is 0. The van der Waals surface area contributed by atoms with E-state index in [1.165, 1.54) is 5.56 Å². The minimum Gasteiger partial charge on any atom is -0.352 e.